The van der Waals surface area contributed by atoms with Crippen molar-refractivity contribution in [2.24, 2.45) is 5.92 Å². The molecule has 3 rings (SSSR count). The Morgan fingerprint density at radius 1 is 1.24 bits per heavy atom. The maximum absolute atomic E-state index is 13.5. The first-order valence-corrected chi connectivity index (χ1v) is 12.4. The van der Waals surface area contributed by atoms with Gasteiger partial charge in [0.1, 0.15) is 22.6 Å². The number of benzene rings is 2. The smallest absolute Gasteiger partial charge is 0.247 e. The molecule has 182 valence electrons. The zero-order valence-electron chi connectivity index (χ0n) is 19.7. The van der Waals surface area contributed by atoms with E-state index in [1.54, 1.807) is 38.2 Å². The molecule has 0 spiro atoms. The molecule has 0 unspecified atom stereocenters. The average Bonchev–Trinajstić information content (AvgIpc) is 2.80. The fourth-order valence-corrected chi connectivity index (χ4v) is 5.42. The van der Waals surface area contributed by atoms with E-state index in [4.69, 9.17) is 4.74 Å². The van der Waals surface area contributed by atoms with E-state index in [9.17, 15) is 22.7 Å². The molecule has 1 aliphatic heterocycles. The first-order valence-electron chi connectivity index (χ1n) is 11.0. The van der Waals surface area contributed by atoms with Gasteiger partial charge in [0.05, 0.1) is 13.2 Å². The highest BCUT2D eigenvalue weighted by atomic mass is 32.2. The zero-order chi connectivity index (χ0) is 25.0. The van der Waals surface area contributed by atoms with E-state index in [1.165, 1.54) is 34.3 Å². The molecule has 1 N–H and O–H groups in total. The maximum Gasteiger partial charge on any atom is 0.247 e. The van der Waals surface area contributed by atoms with Crippen molar-refractivity contribution in [1.82, 2.24) is 9.21 Å². The van der Waals surface area contributed by atoms with Gasteiger partial charge in [-0.1, -0.05) is 18.8 Å². The molecule has 0 saturated heterocycles. The Bertz CT molecular complexity index is 1200. The summed E-state index contributed by atoms with van der Waals surface area (Å²) in [6, 6.07) is 9.69. The average molecular weight is 489 g/mol. The Labute approximate surface area is 200 Å². The Morgan fingerprint density at radius 2 is 1.85 bits per heavy atom. The highest BCUT2D eigenvalue weighted by molar-refractivity contribution is 7.89. The summed E-state index contributed by atoms with van der Waals surface area (Å²) in [6.07, 6.45) is -0.489. The third-order valence-electron chi connectivity index (χ3n) is 5.85. The SMILES string of the molecule is CC(=O)N(C)C[C@H]1Oc2cc(C#Cc3ccc(F)cc3)ccc2S(=O)(=O)N([C@@H](C)CO)C[C@H]1C. The lowest BCUT2D eigenvalue weighted by Crippen LogP contribution is -2.50. The van der Waals surface area contributed by atoms with Gasteiger partial charge in [-0.05, 0) is 49.4 Å². The first-order chi connectivity index (χ1) is 16.0. The maximum atomic E-state index is 13.5. The predicted molar refractivity (Wildman–Crippen MR) is 126 cm³/mol. The molecule has 2 aromatic rings. The number of hydrogen-bond donors (Lipinski definition) is 1. The normalized spacial score (nSPS) is 20.5. The number of ether oxygens (including phenoxy) is 1. The van der Waals surface area contributed by atoms with Gasteiger partial charge < -0.3 is 14.7 Å². The van der Waals surface area contributed by atoms with Gasteiger partial charge in [-0.15, -0.1) is 0 Å². The summed E-state index contributed by atoms with van der Waals surface area (Å²) in [6.45, 7) is 5.02. The number of likely N-dealkylation sites (N-methyl/N-ethyl adjacent to an activating group) is 1. The van der Waals surface area contributed by atoms with Gasteiger partial charge in [-0.25, -0.2) is 12.8 Å². The lowest BCUT2D eigenvalue weighted by molar-refractivity contribution is -0.129. The number of rotatable bonds is 4. The summed E-state index contributed by atoms with van der Waals surface area (Å²) in [4.78, 5) is 13.3. The number of hydrogen-bond acceptors (Lipinski definition) is 5. The summed E-state index contributed by atoms with van der Waals surface area (Å²) >= 11 is 0. The molecule has 0 aliphatic carbocycles. The fraction of sp³-hybridized carbons (Fsp3) is 0.400. The summed E-state index contributed by atoms with van der Waals surface area (Å²) < 4.78 is 47.6. The third-order valence-corrected chi connectivity index (χ3v) is 7.87. The van der Waals surface area contributed by atoms with Crippen LogP contribution in [0.25, 0.3) is 0 Å². The van der Waals surface area contributed by atoms with Crippen LogP contribution in [-0.4, -0.2) is 67.5 Å². The second-order valence-corrected chi connectivity index (χ2v) is 10.4. The molecule has 1 heterocycles. The van der Waals surface area contributed by atoms with Crippen LogP contribution in [0.15, 0.2) is 47.4 Å². The van der Waals surface area contributed by atoms with E-state index in [2.05, 4.69) is 11.8 Å². The van der Waals surface area contributed by atoms with E-state index in [1.807, 2.05) is 6.92 Å². The Kier molecular flexibility index (Phi) is 7.97. The minimum absolute atomic E-state index is 0.0255. The number of nitrogens with zero attached hydrogens (tertiary/aromatic N) is 2. The number of aliphatic hydroxyl groups is 1. The molecule has 2 aromatic carbocycles. The summed E-state index contributed by atoms with van der Waals surface area (Å²) in [7, 11) is -2.31. The number of halogens is 1. The topological polar surface area (TPSA) is 87.2 Å². The number of aliphatic hydroxyl groups excluding tert-OH is 1. The van der Waals surface area contributed by atoms with Crippen LogP contribution in [0.2, 0.25) is 0 Å². The van der Waals surface area contributed by atoms with Crippen molar-refractivity contribution >= 4 is 15.9 Å². The van der Waals surface area contributed by atoms with Gasteiger partial charge in [0.2, 0.25) is 15.9 Å². The number of fused-ring (bicyclic) bond motifs is 1. The van der Waals surface area contributed by atoms with Crippen LogP contribution in [0.4, 0.5) is 4.39 Å². The van der Waals surface area contributed by atoms with Crippen LogP contribution in [0.1, 0.15) is 31.9 Å². The van der Waals surface area contributed by atoms with Crippen molar-refractivity contribution in [3.05, 3.63) is 59.4 Å². The van der Waals surface area contributed by atoms with Crippen molar-refractivity contribution in [3.63, 3.8) is 0 Å². The summed E-state index contributed by atoms with van der Waals surface area (Å²) in [5.41, 5.74) is 1.13. The lowest BCUT2D eigenvalue weighted by Gasteiger charge is -2.37. The van der Waals surface area contributed by atoms with E-state index in [0.29, 0.717) is 11.1 Å². The van der Waals surface area contributed by atoms with Crippen LogP contribution in [-0.2, 0) is 14.8 Å². The van der Waals surface area contributed by atoms with Crippen molar-refractivity contribution in [2.45, 2.75) is 37.8 Å². The van der Waals surface area contributed by atoms with E-state index >= 15 is 0 Å². The van der Waals surface area contributed by atoms with Crippen LogP contribution in [0.5, 0.6) is 5.75 Å². The summed E-state index contributed by atoms with van der Waals surface area (Å²) in [5.74, 6) is 5.26. The molecule has 1 amide bonds. The van der Waals surface area contributed by atoms with Gasteiger partial charge >= 0.3 is 0 Å². The quantitative estimate of drug-likeness (QED) is 0.669. The van der Waals surface area contributed by atoms with Crippen LogP contribution in [0.3, 0.4) is 0 Å². The molecule has 0 fully saturated rings. The number of sulfonamides is 1. The lowest BCUT2D eigenvalue weighted by atomic mass is 10.0. The monoisotopic (exact) mass is 488 g/mol. The molecule has 3 atom stereocenters. The standard InChI is InChI=1S/C25H29FN2O5S/c1-17-14-28(18(2)16-29)34(31,32)25-12-9-21(6-5-20-7-10-22(26)11-8-20)13-23(25)33-24(17)15-27(4)19(3)30/h7-13,17-18,24,29H,14-16H2,1-4H3/t17-,18+,24-/m1/s1. The largest absolute Gasteiger partial charge is 0.487 e. The van der Waals surface area contributed by atoms with E-state index in [-0.39, 0.29) is 48.0 Å². The fourth-order valence-electron chi connectivity index (χ4n) is 3.60. The Balaban J connectivity index is 2.07. The molecule has 0 bridgehead atoms. The molecule has 0 radical (unpaired) electrons. The second kappa shape index (κ2) is 10.6. The van der Waals surface area contributed by atoms with Gasteiger partial charge in [-0.2, -0.15) is 4.31 Å². The predicted octanol–water partition coefficient (Wildman–Crippen LogP) is 2.47. The van der Waals surface area contributed by atoms with Crippen LogP contribution >= 0.6 is 0 Å². The van der Waals surface area contributed by atoms with Crippen molar-refractivity contribution in [3.8, 4) is 17.6 Å². The minimum Gasteiger partial charge on any atom is -0.487 e. The molecule has 0 saturated carbocycles. The number of carbonyl (C=O) groups excluding carboxylic acids is 1. The highest BCUT2D eigenvalue weighted by Crippen LogP contribution is 2.34. The molecule has 34 heavy (non-hydrogen) atoms. The molecular weight excluding hydrogens is 459 g/mol. The molecular formula is C25H29FN2O5S. The molecule has 0 aromatic heterocycles. The molecule has 7 nitrogen and oxygen atoms in total. The van der Waals surface area contributed by atoms with Gasteiger partial charge in [0.15, 0.2) is 0 Å². The first kappa shape index (κ1) is 25.7. The van der Waals surface area contributed by atoms with Crippen molar-refractivity contribution in [2.75, 3.05) is 26.7 Å². The molecule has 1 aliphatic rings. The van der Waals surface area contributed by atoms with Crippen LogP contribution in [0, 0.1) is 23.6 Å². The van der Waals surface area contributed by atoms with Gasteiger partial charge in [-0.3, -0.25) is 4.79 Å². The number of carbonyl (C=O) groups is 1. The van der Waals surface area contributed by atoms with Gasteiger partial charge in [0, 0.05) is 43.6 Å². The van der Waals surface area contributed by atoms with Crippen LogP contribution < -0.4 is 4.74 Å². The van der Waals surface area contributed by atoms with Crippen molar-refractivity contribution < 1.29 is 27.4 Å². The summed E-state index contributed by atoms with van der Waals surface area (Å²) in [5, 5.41) is 9.71. The van der Waals surface area contributed by atoms with Crippen molar-refractivity contribution in [1.29, 1.82) is 0 Å². The molecule has 9 heteroatoms. The zero-order valence-corrected chi connectivity index (χ0v) is 20.5. The Hall–Kier alpha value is -2.93. The second-order valence-electron chi connectivity index (χ2n) is 8.56. The van der Waals surface area contributed by atoms with E-state index in [0.717, 1.165) is 0 Å². The van der Waals surface area contributed by atoms with E-state index < -0.39 is 22.2 Å². The number of amides is 1. The van der Waals surface area contributed by atoms with Gasteiger partial charge in [0.25, 0.3) is 0 Å². The minimum atomic E-state index is -3.97. The highest BCUT2D eigenvalue weighted by Gasteiger charge is 2.38. The Morgan fingerprint density at radius 3 is 2.47 bits per heavy atom. The third kappa shape index (κ3) is 5.76.